The van der Waals surface area contributed by atoms with Gasteiger partial charge in [0.2, 0.25) is 0 Å². The topological polar surface area (TPSA) is 72.5 Å². The second-order valence-electron chi connectivity index (χ2n) is 4.66. The normalized spacial score (nSPS) is 10.2. The lowest BCUT2D eigenvalue weighted by Gasteiger charge is -2.09. The van der Waals surface area contributed by atoms with Crippen LogP contribution in [0, 0.1) is 0 Å². The van der Waals surface area contributed by atoms with Crippen molar-refractivity contribution in [2.24, 2.45) is 0 Å². The van der Waals surface area contributed by atoms with E-state index in [2.05, 4.69) is 15.6 Å². The largest absolute Gasteiger partial charge is 0.495 e. The van der Waals surface area contributed by atoms with Crippen LogP contribution in [0.4, 0.5) is 11.4 Å². The third-order valence-corrected chi connectivity index (χ3v) is 3.34. The third kappa shape index (κ3) is 4.84. The first-order chi connectivity index (χ1) is 11.1. The monoisotopic (exact) mass is 335 g/mol. The summed E-state index contributed by atoms with van der Waals surface area (Å²) in [6, 6.07) is 8.46. The molecule has 1 heterocycles. The molecule has 0 saturated heterocycles. The van der Waals surface area contributed by atoms with Gasteiger partial charge in [-0.3, -0.25) is 4.79 Å². The zero-order valence-corrected chi connectivity index (χ0v) is 13.7. The van der Waals surface area contributed by atoms with Crippen LogP contribution in [0.1, 0.15) is 10.5 Å². The average Bonchev–Trinajstić information content (AvgIpc) is 2.56. The molecule has 0 aliphatic rings. The summed E-state index contributed by atoms with van der Waals surface area (Å²) < 4.78 is 10.0. The molecule has 23 heavy (non-hydrogen) atoms. The van der Waals surface area contributed by atoms with Gasteiger partial charge in [-0.15, -0.1) is 0 Å². The van der Waals surface area contributed by atoms with Crippen LogP contribution in [0.3, 0.4) is 0 Å². The van der Waals surface area contributed by atoms with Crippen LogP contribution >= 0.6 is 11.6 Å². The molecule has 1 amide bonds. The number of anilines is 2. The van der Waals surface area contributed by atoms with Crippen molar-refractivity contribution in [3.05, 3.63) is 47.2 Å². The molecule has 0 fully saturated rings. The highest BCUT2D eigenvalue weighted by Crippen LogP contribution is 2.27. The van der Waals surface area contributed by atoms with Gasteiger partial charge >= 0.3 is 0 Å². The summed E-state index contributed by atoms with van der Waals surface area (Å²) in [7, 11) is 3.17. The highest BCUT2D eigenvalue weighted by atomic mass is 35.5. The maximum Gasteiger partial charge on any atom is 0.274 e. The molecule has 0 radical (unpaired) electrons. The van der Waals surface area contributed by atoms with Crippen LogP contribution in [0.25, 0.3) is 0 Å². The Labute approximate surface area is 139 Å². The van der Waals surface area contributed by atoms with Gasteiger partial charge in [-0.05, 0) is 30.3 Å². The van der Waals surface area contributed by atoms with E-state index >= 15 is 0 Å². The van der Waals surface area contributed by atoms with E-state index in [1.807, 2.05) is 0 Å². The number of nitrogens with zero attached hydrogens (tertiary/aromatic N) is 1. The van der Waals surface area contributed by atoms with Crippen molar-refractivity contribution >= 4 is 28.9 Å². The molecular formula is C16H18ClN3O3. The summed E-state index contributed by atoms with van der Waals surface area (Å²) >= 11 is 6.03. The summed E-state index contributed by atoms with van der Waals surface area (Å²) in [6.45, 7) is 1.27. The number of benzene rings is 1. The second-order valence-corrected chi connectivity index (χ2v) is 5.06. The van der Waals surface area contributed by atoms with Gasteiger partial charge in [0.1, 0.15) is 11.4 Å². The molecule has 2 aromatic rings. The number of carbonyl (C=O) groups is 1. The minimum atomic E-state index is -0.310. The number of rotatable bonds is 7. The minimum Gasteiger partial charge on any atom is -0.495 e. The predicted molar refractivity (Wildman–Crippen MR) is 90.6 cm³/mol. The molecule has 0 aliphatic heterocycles. The first-order valence-electron chi connectivity index (χ1n) is 6.98. The van der Waals surface area contributed by atoms with Gasteiger partial charge < -0.3 is 20.1 Å². The lowest BCUT2D eigenvalue weighted by molar-refractivity contribution is 0.102. The predicted octanol–water partition coefficient (Wildman–Crippen LogP) is 3.05. The maximum absolute atomic E-state index is 12.2. The quantitative estimate of drug-likeness (QED) is 0.761. The second kappa shape index (κ2) is 8.36. The Morgan fingerprint density at radius 2 is 2.00 bits per heavy atom. The Kier molecular flexibility index (Phi) is 6.19. The fourth-order valence-corrected chi connectivity index (χ4v) is 2.13. The van der Waals surface area contributed by atoms with Gasteiger partial charge in [0, 0.05) is 19.3 Å². The molecular weight excluding hydrogens is 318 g/mol. The molecule has 0 aliphatic carbocycles. The van der Waals surface area contributed by atoms with Crippen molar-refractivity contribution in [3.8, 4) is 5.75 Å². The van der Waals surface area contributed by atoms with E-state index in [4.69, 9.17) is 21.1 Å². The Morgan fingerprint density at radius 1 is 1.22 bits per heavy atom. The van der Waals surface area contributed by atoms with Gasteiger partial charge in [-0.2, -0.15) is 0 Å². The molecule has 7 heteroatoms. The van der Waals surface area contributed by atoms with Crippen LogP contribution in [0.5, 0.6) is 5.75 Å². The molecule has 0 unspecified atom stereocenters. The van der Waals surface area contributed by atoms with Crippen molar-refractivity contribution in [2.75, 3.05) is 38.0 Å². The van der Waals surface area contributed by atoms with Crippen LogP contribution in [0.15, 0.2) is 36.5 Å². The molecule has 0 bridgehead atoms. The lowest BCUT2D eigenvalue weighted by Crippen LogP contribution is -2.14. The molecule has 122 valence electrons. The summed E-state index contributed by atoms with van der Waals surface area (Å²) in [5, 5.41) is 6.30. The lowest BCUT2D eigenvalue weighted by atomic mass is 10.2. The number of nitrogens with one attached hydrogen (secondary N) is 2. The van der Waals surface area contributed by atoms with E-state index in [1.165, 1.54) is 7.11 Å². The van der Waals surface area contributed by atoms with E-state index in [0.29, 0.717) is 35.3 Å². The van der Waals surface area contributed by atoms with E-state index in [9.17, 15) is 4.79 Å². The van der Waals surface area contributed by atoms with E-state index < -0.39 is 0 Å². The summed E-state index contributed by atoms with van der Waals surface area (Å²) in [5.41, 5.74) is 1.71. The first-order valence-corrected chi connectivity index (χ1v) is 7.35. The average molecular weight is 336 g/mol. The van der Waals surface area contributed by atoms with Crippen LogP contribution in [0.2, 0.25) is 5.02 Å². The number of ether oxygens (including phenoxy) is 2. The number of aromatic nitrogens is 1. The Bertz CT molecular complexity index is 662. The van der Waals surface area contributed by atoms with Gasteiger partial charge in [0.25, 0.3) is 5.91 Å². The summed E-state index contributed by atoms with van der Waals surface area (Å²) in [5.74, 6) is 0.240. The van der Waals surface area contributed by atoms with Crippen molar-refractivity contribution < 1.29 is 14.3 Å². The SMILES string of the molecule is COCCNc1ccc(C(=O)Nc2ccc(OC)c(Cl)c2)nc1. The number of halogens is 1. The van der Waals surface area contributed by atoms with Crippen LogP contribution in [-0.2, 0) is 4.74 Å². The Morgan fingerprint density at radius 3 is 2.61 bits per heavy atom. The fourth-order valence-electron chi connectivity index (χ4n) is 1.87. The first kappa shape index (κ1) is 17.1. The number of methoxy groups -OCH3 is 2. The highest BCUT2D eigenvalue weighted by Gasteiger charge is 2.09. The van der Waals surface area contributed by atoms with Crippen LogP contribution < -0.4 is 15.4 Å². The Balaban J connectivity index is 1.99. The number of hydrogen-bond donors (Lipinski definition) is 2. The highest BCUT2D eigenvalue weighted by molar-refractivity contribution is 6.32. The van der Waals surface area contributed by atoms with Gasteiger partial charge in [0.15, 0.2) is 0 Å². The number of carbonyl (C=O) groups excluding carboxylic acids is 1. The van der Waals surface area contributed by atoms with Crippen molar-refractivity contribution in [3.63, 3.8) is 0 Å². The molecule has 0 saturated carbocycles. The number of pyridine rings is 1. The van der Waals surface area contributed by atoms with Gasteiger partial charge in [-0.1, -0.05) is 11.6 Å². The van der Waals surface area contributed by atoms with Crippen molar-refractivity contribution in [2.45, 2.75) is 0 Å². The summed E-state index contributed by atoms with van der Waals surface area (Å²) in [6.07, 6.45) is 1.60. The van der Waals surface area contributed by atoms with E-state index in [0.717, 1.165) is 5.69 Å². The molecule has 2 rings (SSSR count). The number of amides is 1. The standard InChI is InChI=1S/C16H18ClN3O3/c1-22-8-7-18-12-3-5-14(19-10-12)16(21)20-11-4-6-15(23-2)13(17)9-11/h3-6,9-10,18H,7-8H2,1-2H3,(H,20,21). The molecule has 6 nitrogen and oxygen atoms in total. The van der Waals surface area contributed by atoms with Gasteiger partial charge in [0.05, 0.1) is 30.6 Å². The minimum absolute atomic E-state index is 0.310. The maximum atomic E-state index is 12.2. The zero-order chi connectivity index (χ0) is 16.7. The third-order valence-electron chi connectivity index (χ3n) is 3.04. The van der Waals surface area contributed by atoms with Crippen LogP contribution in [-0.4, -0.2) is 38.3 Å². The van der Waals surface area contributed by atoms with Crippen molar-refractivity contribution in [1.82, 2.24) is 4.98 Å². The van der Waals surface area contributed by atoms with Crippen molar-refractivity contribution in [1.29, 1.82) is 0 Å². The molecule has 1 aromatic carbocycles. The van der Waals surface area contributed by atoms with E-state index in [-0.39, 0.29) is 5.91 Å². The summed E-state index contributed by atoms with van der Waals surface area (Å²) in [4.78, 5) is 16.3. The molecule has 1 aromatic heterocycles. The number of hydrogen-bond acceptors (Lipinski definition) is 5. The molecule has 0 spiro atoms. The molecule has 2 N–H and O–H groups in total. The smallest absolute Gasteiger partial charge is 0.274 e. The molecule has 0 atom stereocenters. The van der Waals surface area contributed by atoms with E-state index in [1.54, 1.807) is 43.6 Å². The zero-order valence-electron chi connectivity index (χ0n) is 12.9. The fraction of sp³-hybridized carbons (Fsp3) is 0.250. The van der Waals surface area contributed by atoms with Gasteiger partial charge in [-0.25, -0.2) is 4.98 Å². The Hall–Kier alpha value is -2.31.